The van der Waals surface area contributed by atoms with Gasteiger partial charge < -0.3 is 23.7 Å². The number of ether oxygens (including phenoxy) is 5. The number of methoxy groups -OCH3 is 3. The molecule has 0 fully saturated rings. The van der Waals surface area contributed by atoms with Gasteiger partial charge in [0.2, 0.25) is 11.5 Å². The van der Waals surface area contributed by atoms with E-state index in [0.717, 1.165) is 22.6 Å². The monoisotopic (exact) mass is 474 g/mol. The SMILES string of the molecule is COc1ccc(/C=C2\Oc3c4c(cc(C)c3C2=O)OCN(Cc2ccccn2)C4)c(OC)c1OC. The number of benzene rings is 2. The third-order valence-electron chi connectivity index (χ3n) is 6.12. The highest BCUT2D eigenvalue weighted by atomic mass is 16.5. The molecule has 0 unspecified atom stereocenters. The van der Waals surface area contributed by atoms with Gasteiger partial charge >= 0.3 is 0 Å². The van der Waals surface area contributed by atoms with E-state index in [-0.39, 0.29) is 11.5 Å². The third kappa shape index (κ3) is 4.06. The fourth-order valence-corrected chi connectivity index (χ4v) is 4.48. The number of ketones is 1. The van der Waals surface area contributed by atoms with Crippen LogP contribution in [-0.2, 0) is 13.1 Å². The minimum atomic E-state index is -0.181. The molecule has 0 bridgehead atoms. The van der Waals surface area contributed by atoms with E-state index in [2.05, 4.69) is 9.88 Å². The Bertz CT molecular complexity index is 1320. The first-order chi connectivity index (χ1) is 17.0. The van der Waals surface area contributed by atoms with Crippen LogP contribution in [0.5, 0.6) is 28.7 Å². The summed E-state index contributed by atoms with van der Waals surface area (Å²) in [5.41, 5.74) is 3.80. The van der Waals surface area contributed by atoms with E-state index in [9.17, 15) is 4.79 Å². The normalized spacial score (nSPS) is 15.8. The van der Waals surface area contributed by atoms with Gasteiger partial charge in [-0.2, -0.15) is 0 Å². The molecule has 2 aromatic carbocycles. The average Bonchev–Trinajstić information content (AvgIpc) is 3.21. The Kier molecular flexibility index (Phi) is 6.05. The summed E-state index contributed by atoms with van der Waals surface area (Å²) in [5.74, 6) is 2.74. The molecule has 0 saturated carbocycles. The van der Waals surface area contributed by atoms with Gasteiger partial charge in [0.25, 0.3) is 0 Å². The smallest absolute Gasteiger partial charge is 0.232 e. The van der Waals surface area contributed by atoms with Gasteiger partial charge in [-0.1, -0.05) is 6.07 Å². The number of Topliss-reactive ketones (excluding diaryl/α,β-unsaturated/α-hetero) is 1. The Labute approximate surface area is 203 Å². The first-order valence-corrected chi connectivity index (χ1v) is 11.2. The van der Waals surface area contributed by atoms with Gasteiger partial charge in [-0.15, -0.1) is 0 Å². The largest absolute Gasteiger partial charge is 0.493 e. The molecule has 5 rings (SSSR count). The van der Waals surface area contributed by atoms with Gasteiger partial charge in [0.1, 0.15) is 18.2 Å². The van der Waals surface area contributed by atoms with Crippen molar-refractivity contribution in [1.29, 1.82) is 0 Å². The van der Waals surface area contributed by atoms with E-state index in [0.29, 0.717) is 53.9 Å². The highest BCUT2D eigenvalue weighted by Crippen LogP contribution is 2.45. The average molecular weight is 475 g/mol. The lowest BCUT2D eigenvalue weighted by molar-refractivity contribution is 0.0861. The topological polar surface area (TPSA) is 79.4 Å². The van der Waals surface area contributed by atoms with Crippen molar-refractivity contribution in [3.63, 3.8) is 0 Å². The minimum absolute atomic E-state index is 0.181. The lowest BCUT2D eigenvalue weighted by Gasteiger charge is -2.29. The van der Waals surface area contributed by atoms with Crippen LogP contribution in [0.1, 0.15) is 32.7 Å². The number of carbonyl (C=O) groups is 1. The molecule has 3 aromatic rings. The summed E-state index contributed by atoms with van der Waals surface area (Å²) in [4.78, 5) is 19.9. The Balaban J connectivity index is 1.50. The van der Waals surface area contributed by atoms with E-state index in [1.165, 1.54) is 7.11 Å². The van der Waals surface area contributed by atoms with Crippen LogP contribution >= 0.6 is 0 Å². The van der Waals surface area contributed by atoms with Crippen molar-refractivity contribution >= 4 is 11.9 Å². The molecule has 0 aliphatic carbocycles. The maximum Gasteiger partial charge on any atom is 0.232 e. The number of carbonyl (C=O) groups excluding carboxylic acids is 1. The summed E-state index contributed by atoms with van der Waals surface area (Å²) in [6.07, 6.45) is 3.45. The second-order valence-electron chi connectivity index (χ2n) is 8.32. The van der Waals surface area contributed by atoms with Crippen LogP contribution in [0.15, 0.2) is 48.4 Å². The van der Waals surface area contributed by atoms with Crippen molar-refractivity contribution in [3.8, 4) is 28.7 Å². The zero-order valence-corrected chi connectivity index (χ0v) is 20.1. The Morgan fingerprint density at radius 2 is 1.91 bits per heavy atom. The van der Waals surface area contributed by atoms with E-state index in [4.69, 9.17) is 23.7 Å². The number of fused-ring (bicyclic) bond motifs is 3. The molecular weight excluding hydrogens is 448 g/mol. The fraction of sp³-hybridized carbons (Fsp3) is 0.259. The fourth-order valence-electron chi connectivity index (χ4n) is 4.48. The molecule has 0 spiro atoms. The van der Waals surface area contributed by atoms with Crippen LogP contribution in [-0.4, -0.2) is 43.7 Å². The lowest BCUT2D eigenvalue weighted by Crippen LogP contribution is -2.32. The number of aryl methyl sites for hydroxylation is 1. The second-order valence-corrected chi connectivity index (χ2v) is 8.32. The van der Waals surface area contributed by atoms with E-state index < -0.39 is 0 Å². The van der Waals surface area contributed by atoms with Crippen molar-refractivity contribution in [2.24, 2.45) is 0 Å². The number of hydrogen-bond acceptors (Lipinski definition) is 8. The summed E-state index contributed by atoms with van der Waals surface area (Å²) in [6.45, 7) is 3.53. The van der Waals surface area contributed by atoms with Gasteiger partial charge in [-0.25, -0.2) is 0 Å². The number of pyridine rings is 1. The van der Waals surface area contributed by atoms with Crippen molar-refractivity contribution in [2.75, 3.05) is 28.1 Å². The molecule has 0 amide bonds. The summed E-state index contributed by atoms with van der Waals surface area (Å²) in [7, 11) is 4.64. The van der Waals surface area contributed by atoms with Gasteiger partial charge in [0.15, 0.2) is 17.3 Å². The summed E-state index contributed by atoms with van der Waals surface area (Å²) >= 11 is 0. The van der Waals surface area contributed by atoms with Gasteiger partial charge in [-0.3, -0.25) is 14.7 Å². The molecule has 0 atom stereocenters. The van der Waals surface area contributed by atoms with Gasteiger partial charge in [0, 0.05) is 24.8 Å². The number of nitrogens with zero attached hydrogens (tertiary/aromatic N) is 2. The number of allylic oxidation sites excluding steroid dienone is 1. The Hall–Kier alpha value is -4.04. The van der Waals surface area contributed by atoms with E-state index >= 15 is 0 Å². The lowest BCUT2D eigenvalue weighted by atomic mass is 9.98. The molecule has 35 heavy (non-hydrogen) atoms. The maximum absolute atomic E-state index is 13.4. The van der Waals surface area contributed by atoms with Crippen LogP contribution in [0.2, 0.25) is 0 Å². The van der Waals surface area contributed by atoms with E-state index in [1.54, 1.807) is 38.6 Å². The van der Waals surface area contributed by atoms with Crippen molar-refractivity contribution in [1.82, 2.24) is 9.88 Å². The van der Waals surface area contributed by atoms with E-state index in [1.807, 2.05) is 31.2 Å². The molecule has 0 saturated heterocycles. The van der Waals surface area contributed by atoms with Crippen molar-refractivity contribution < 1.29 is 28.5 Å². The molecule has 2 aliphatic heterocycles. The second kappa shape index (κ2) is 9.31. The molecule has 0 N–H and O–H groups in total. The maximum atomic E-state index is 13.4. The molecule has 1 aromatic heterocycles. The highest BCUT2D eigenvalue weighted by Gasteiger charge is 2.36. The third-order valence-corrected chi connectivity index (χ3v) is 6.12. The molecule has 180 valence electrons. The number of rotatable bonds is 6. The van der Waals surface area contributed by atoms with Crippen LogP contribution in [0.3, 0.4) is 0 Å². The predicted molar refractivity (Wildman–Crippen MR) is 129 cm³/mol. The molecule has 2 aliphatic rings. The summed E-state index contributed by atoms with van der Waals surface area (Å²) in [5, 5.41) is 0. The molecule has 8 heteroatoms. The quantitative estimate of drug-likeness (QED) is 0.487. The Morgan fingerprint density at radius 3 is 2.63 bits per heavy atom. The van der Waals surface area contributed by atoms with Crippen LogP contribution in [0.25, 0.3) is 6.08 Å². The predicted octanol–water partition coefficient (Wildman–Crippen LogP) is 4.38. The highest BCUT2D eigenvalue weighted by molar-refractivity contribution is 6.16. The zero-order chi connectivity index (χ0) is 24.5. The van der Waals surface area contributed by atoms with Gasteiger partial charge in [-0.05, 0) is 48.9 Å². The molecular formula is C27H26N2O6. The minimum Gasteiger partial charge on any atom is -0.493 e. The van der Waals surface area contributed by atoms with Crippen molar-refractivity contribution in [3.05, 3.63) is 76.3 Å². The molecule has 8 nitrogen and oxygen atoms in total. The van der Waals surface area contributed by atoms with Crippen LogP contribution < -0.4 is 23.7 Å². The first-order valence-electron chi connectivity index (χ1n) is 11.2. The standard InChI is InChI=1S/C27H26N2O6/c1-16-11-21-19(14-29(15-34-21)13-18-7-5-6-10-28-18)26-23(16)24(30)22(35-26)12-17-8-9-20(31-2)27(33-4)25(17)32-3/h5-12H,13-15H2,1-4H3/b22-12-. The summed E-state index contributed by atoms with van der Waals surface area (Å²) < 4.78 is 28.6. The first kappa shape index (κ1) is 22.7. The number of aromatic nitrogens is 1. The van der Waals surface area contributed by atoms with Crippen LogP contribution in [0.4, 0.5) is 0 Å². The molecule has 3 heterocycles. The Morgan fingerprint density at radius 1 is 1.09 bits per heavy atom. The van der Waals surface area contributed by atoms with Crippen molar-refractivity contribution in [2.45, 2.75) is 20.0 Å². The number of hydrogen-bond donors (Lipinski definition) is 0. The van der Waals surface area contributed by atoms with Gasteiger partial charge in [0.05, 0.1) is 38.2 Å². The molecule has 0 radical (unpaired) electrons. The summed E-state index contributed by atoms with van der Waals surface area (Å²) in [6, 6.07) is 11.3. The zero-order valence-electron chi connectivity index (χ0n) is 20.1. The van der Waals surface area contributed by atoms with Crippen LogP contribution in [0, 0.1) is 6.92 Å².